The minimum atomic E-state index is -0.605. The molecule has 2 atom stereocenters. The molecule has 8 nitrogen and oxygen atoms in total. The average molecular weight is 538 g/mol. The fourth-order valence-corrected chi connectivity index (χ4v) is 5.37. The molecule has 39 heavy (non-hydrogen) atoms. The summed E-state index contributed by atoms with van der Waals surface area (Å²) < 4.78 is 22.3. The highest BCUT2D eigenvalue weighted by atomic mass is 16.5. The molecule has 210 valence electrons. The van der Waals surface area contributed by atoms with Crippen LogP contribution in [0.3, 0.4) is 0 Å². The number of methoxy groups -OCH3 is 1. The van der Waals surface area contributed by atoms with E-state index >= 15 is 0 Å². The molecule has 0 aromatic heterocycles. The van der Waals surface area contributed by atoms with E-state index in [2.05, 4.69) is 18.7 Å². The Bertz CT molecular complexity index is 1190. The van der Waals surface area contributed by atoms with Gasteiger partial charge in [-0.3, -0.25) is 4.79 Å². The molecule has 2 aromatic rings. The van der Waals surface area contributed by atoms with Gasteiger partial charge in [0.15, 0.2) is 17.3 Å². The van der Waals surface area contributed by atoms with Crippen LogP contribution in [0.25, 0.3) is 0 Å². The molecule has 0 spiro atoms. The Hall–Kier alpha value is -3.36. The van der Waals surface area contributed by atoms with Crippen molar-refractivity contribution in [3.8, 4) is 11.5 Å². The number of phenols is 1. The van der Waals surface area contributed by atoms with Gasteiger partial charge in [-0.05, 0) is 42.2 Å². The number of hydrogen-bond donors (Lipinski definition) is 1. The summed E-state index contributed by atoms with van der Waals surface area (Å²) in [6, 6.07) is 13.2. The number of carbonyl (C=O) groups is 2. The van der Waals surface area contributed by atoms with Crippen LogP contribution in [-0.2, 0) is 36.8 Å². The topological polar surface area (TPSA) is 94.5 Å². The number of carbonyl (C=O) groups excluding carboxylic acids is 2. The summed E-state index contributed by atoms with van der Waals surface area (Å²) in [4.78, 5) is 27.8. The van der Waals surface area contributed by atoms with Crippen molar-refractivity contribution >= 4 is 11.8 Å². The molecule has 2 aromatic carbocycles. The Morgan fingerprint density at radius 1 is 1.13 bits per heavy atom. The van der Waals surface area contributed by atoms with Gasteiger partial charge in [-0.2, -0.15) is 0 Å². The second-order valence-electron chi connectivity index (χ2n) is 10.8. The maximum Gasteiger partial charge on any atom is 0.343 e. The summed E-state index contributed by atoms with van der Waals surface area (Å²) in [6.07, 6.45) is 3.10. The van der Waals surface area contributed by atoms with E-state index in [0.29, 0.717) is 45.0 Å². The number of rotatable bonds is 12. The number of aromatic hydroxyl groups is 1. The van der Waals surface area contributed by atoms with Gasteiger partial charge >= 0.3 is 5.97 Å². The number of nitrogens with zero attached hydrogens (tertiary/aromatic N) is 1. The normalized spacial score (nSPS) is 18.7. The van der Waals surface area contributed by atoms with E-state index in [4.69, 9.17) is 18.9 Å². The highest BCUT2D eigenvalue weighted by molar-refractivity contribution is 6.17. The van der Waals surface area contributed by atoms with E-state index in [9.17, 15) is 14.7 Å². The Balaban J connectivity index is 1.65. The van der Waals surface area contributed by atoms with Crippen LogP contribution in [0.15, 0.2) is 54.2 Å². The molecule has 1 N–H and O–H groups in total. The molecule has 2 aliphatic rings. The monoisotopic (exact) mass is 537 g/mol. The zero-order valence-corrected chi connectivity index (χ0v) is 23.3. The molecule has 0 saturated carbocycles. The lowest BCUT2D eigenvalue weighted by Gasteiger charge is -2.50. The highest BCUT2D eigenvalue weighted by Crippen LogP contribution is 2.47. The van der Waals surface area contributed by atoms with E-state index in [-0.39, 0.29) is 47.6 Å². The predicted molar refractivity (Wildman–Crippen MR) is 146 cm³/mol. The zero-order valence-electron chi connectivity index (χ0n) is 23.3. The van der Waals surface area contributed by atoms with Gasteiger partial charge in [-0.1, -0.05) is 44.2 Å². The third kappa shape index (κ3) is 6.62. The number of hydrogen-bond acceptors (Lipinski definition) is 8. The molecule has 0 aliphatic carbocycles. The smallest absolute Gasteiger partial charge is 0.343 e. The second-order valence-corrected chi connectivity index (χ2v) is 10.8. The lowest BCUT2D eigenvalue weighted by molar-refractivity contribution is -0.141. The molecule has 4 rings (SSSR count). The van der Waals surface area contributed by atoms with Gasteiger partial charge in [0.1, 0.15) is 5.57 Å². The highest BCUT2D eigenvalue weighted by Gasteiger charge is 2.45. The maximum atomic E-state index is 13.1. The molecule has 0 radical (unpaired) electrons. The Kier molecular flexibility index (Phi) is 9.30. The van der Waals surface area contributed by atoms with Crippen LogP contribution >= 0.6 is 0 Å². The fraction of sp³-hybridized carbons (Fsp3) is 0.484. The lowest BCUT2D eigenvalue weighted by atomic mass is 9.73. The number of benzene rings is 2. The summed E-state index contributed by atoms with van der Waals surface area (Å²) in [7, 11) is 1.64. The third-order valence-corrected chi connectivity index (χ3v) is 7.40. The van der Waals surface area contributed by atoms with Crippen molar-refractivity contribution in [3.05, 3.63) is 70.9 Å². The van der Waals surface area contributed by atoms with Crippen LogP contribution in [0.5, 0.6) is 11.5 Å². The van der Waals surface area contributed by atoms with Gasteiger partial charge in [0.2, 0.25) is 0 Å². The Morgan fingerprint density at radius 3 is 2.62 bits per heavy atom. The van der Waals surface area contributed by atoms with E-state index in [0.717, 1.165) is 16.7 Å². The van der Waals surface area contributed by atoms with E-state index in [1.165, 1.54) is 0 Å². The first kappa shape index (κ1) is 28.6. The van der Waals surface area contributed by atoms with Crippen LogP contribution in [0.1, 0.15) is 56.3 Å². The van der Waals surface area contributed by atoms with E-state index in [1.807, 2.05) is 36.4 Å². The quantitative estimate of drug-likeness (QED) is 0.236. The first-order chi connectivity index (χ1) is 18.7. The summed E-state index contributed by atoms with van der Waals surface area (Å²) in [5, 5.41) is 10.8. The summed E-state index contributed by atoms with van der Waals surface area (Å²) >= 11 is 0. The molecule has 0 amide bonds. The average Bonchev–Trinajstić information content (AvgIpc) is 2.91. The van der Waals surface area contributed by atoms with Crippen molar-refractivity contribution in [2.75, 3.05) is 33.5 Å². The largest absolute Gasteiger partial charge is 0.504 e. The maximum absolute atomic E-state index is 13.1. The Labute approximate surface area is 230 Å². The van der Waals surface area contributed by atoms with E-state index < -0.39 is 5.97 Å². The van der Waals surface area contributed by atoms with Gasteiger partial charge in [-0.25, -0.2) is 4.79 Å². The van der Waals surface area contributed by atoms with Gasteiger partial charge in [-0.15, -0.1) is 0 Å². The van der Waals surface area contributed by atoms with Crippen LogP contribution < -0.4 is 4.74 Å². The zero-order chi connectivity index (χ0) is 28.0. The van der Waals surface area contributed by atoms with Crippen molar-refractivity contribution in [1.29, 1.82) is 0 Å². The first-order valence-corrected chi connectivity index (χ1v) is 13.5. The molecular weight excluding hydrogens is 498 g/mol. The summed E-state index contributed by atoms with van der Waals surface area (Å²) in [5.41, 5.74) is 2.68. The number of Topliss-reactive ketones (excluding diaryl/α,β-unsaturated/α-hetero) is 1. The van der Waals surface area contributed by atoms with Crippen molar-refractivity contribution in [3.63, 3.8) is 0 Å². The molecule has 8 heteroatoms. The number of ketones is 1. The van der Waals surface area contributed by atoms with Crippen LogP contribution in [0.4, 0.5) is 0 Å². The van der Waals surface area contributed by atoms with Crippen molar-refractivity contribution in [2.45, 2.75) is 58.7 Å². The van der Waals surface area contributed by atoms with Gasteiger partial charge in [0.25, 0.3) is 0 Å². The van der Waals surface area contributed by atoms with Crippen molar-refractivity contribution in [1.82, 2.24) is 4.90 Å². The number of esters is 1. The van der Waals surface area contributed by atoms with Crippen LogP contribution in [-0.4, -0.2) is 61.3 Å². The molecule has 0 saturated heterocycles. The fourth-order valence-electron chi connectivity index (χ4n) is 5.37. The lowest BCUT2D eigenvalue weighted by Crippen LogP contribution is -2.52. The van der Waals surface area contributed by atoms with E-state index in [1.54, 1.807) is 26.3 Å². The van der Waals surface area contributed by atoms with Crippen LogP contribution in [0, 0.1) is 5.41 Å². The Morgan fingerprint density at radius 2 is 1.90 bits per heavy atom. The first-order valence-electron chi connectivity index (χ1n) is 13.5. The predicted octanol–water partition coefficient (Wildman–Crippen LogP) is 4.74. The minimum Gasteiger partial charge on any atom is -0.504 e. The van der Waals surface area contributed by atoms with Gasteiger partial charge in [0, 0.05) is 44.2 Å². The third-order valence-electron chi connectivity index (χ3n) is 7.40. The van der Waals surface area contributed by atoms with Crippen molar-refractivity contribution < 1.29 is 33.6 Å². The summed E-state index contributed by atoms with van der Waals surface area (Å²) in [6.45, 7) is 8.15. The molecule has 0 fully saturated rings. The van der Waals surface area contributed by atoms with Crippen molar-refractivity contribution in [2.24, 2.45) is 5.41 Å². The van der Waals surface area contributed by atoms with Gasteiger partial charge in [0.05, 0.1) is 32.5 Å². The summed E-state index contributed by atoms with van der Waals surface area (Å²) in [5.74, 6) is -0.423. The molecule has 0 bridgehead atoms. The number of fused-ring (bicyclic) bond motifs is 3. The molecular formula is C31H39NO7. The number of phenolic OH excluding ortho intramolecular Hbond substituents is 1. The molecule has 2 aliphatic heterocycles. The molecule has 2 unspecified atom stereocenters. The SMILES string of the molecule is CCOC(=O)C1=CN2C(CC1=O)c1cc(O)c(OCCCOC)cc1CC2C(C)(C)COCc1ccccc1. The number of ether oxygens (including phenoxy) is 4. The van der Waals surface area contributed by atoms with Crippen LogP contribution in [0.2, 0.25) is 0 Å². The minimum absolute atomic E-state index is 0.0302. The molecule has 2 heterocycles. The standard InChI is InChI=1S/C31H39NO7/c1-5-38-30(35)24-18-32-25(17-26(24)33)23-16-27(34)28(39-13-9-12-36-4)14-22(23)15-29(32)31(2,3)20-37-19-21-10-7-6-8-11-21/h6-8,10-11,14,16,18,25,29,34H,5,9,12-13,15,17,19-20H2,1-4H3. The van der Waals surface area contributed by atoms with Gasteiger partial charge < -0.3 is 29.0 Å². The second kappa shape index (κ2) is 12.7.